The number of aromatic nitrogens is 4. The Balaban J connectivity index is 1.81. The van der Waals surface area contributed by atoms with Crippen molar-refractivity contribution < 1.29 is 14.3 Å². The van der Waals surface area contributed by atoms with Gasteiger partial charge in [-0.2, -0.15) is 0 Å². The number of H-pyrrole nitrogens is 1. The van der Waals surface area contributed by atoms with Crippen molar-refractivity contribution in [1.82, 2.24) is 25.1 Å². The van der Waals surface area contributed by atoms with Crippen LogP contribution in [0.1, 0.15) is 86.7 Å². The minimum Gasteiger partial charge on any atom is -0.479 e. The maximum Gasteiger partial charge on any atom is 0.261 e. The fourth-order valence-electron chi connectivity index (χ4n) is 3.91. The van der Waals surface area contributed by atoms with Crippen LogP contribution in [-0.2, 0) is 20.4 Å². The summed E-state index contributed by atoms with van der Waals surface area (Å²) in [6, 6.07) is 7.09. The van der Waals surface area contributed by atoms with Crippen LogP contribution in [0.2, 0.25) is 5.02 Å². The number of benzene rings is 1. The Hall–Kier alpha value is -3.07. The summed E-state index contributed by atoms with van der Waals surface area (Å²) in [6.07, 6.45) is 0.334. The number of fused-ring (bicyclic) bond motifs is 1. The highest BCUT2D eigenvalue weighted by molar-refractivity contribution is 6.34. The lowest BCUT2D eigenvalue weighted by Crippen LogP contribution is -2.58. The molecule has 1 aromatic carbocycles. The summed E-state index contributed by atoms with van der Waals surface area (Å²) in [5.41, 5.74) is 0.335. The Morgan fingerprint density at radius 1 is 1.11 bits per heavy atom. The summed E-state index contributed by atoms with van der Waals surface area (Å²) in [5.74, 6) is 0.676. The van der Waals surface area contributed by atoms with E-state index in [1.807, 2.05) is 40.7 Å². The molecule has 0 spiro atoms. The number of amides is 2. The fourth-order valence-corrected chi connectivity index (χ4v) is 4.36. The molecule has 2 heterocycles. The molecule has 1 atom stereocenters. The number of nitrogens with zero attached hydrogens (tertiary/aromatic N) is 3. The number of carbonyl (C=O) groups is 2. The van der Waals surface area contributed by atoms with Crippen molar-refractivity contribution in [2.24, 2.45) is 0 Å². The van der Waals surface area contributed by atoms with E-state index in [0.29, 0.717) is 34.4 Å². The van der Waals surface area contributed by atoms with E-state index in [2.05, 4.69) is 46.7 Å². The number of ether oxygens (including phenoxy) is 1. The monoisotopic (exact) mass is 530 g/mol. The first kappa shape index (κ1) is 28.5. The Kier molecular flexibility index (Phi) is 7.98. The van der Waals surface area contributed by atoms with Gasteiger partial charge in [0.2, 0.25) is 5.91 Å². The molecule has 10 heteroatoms. The molecule has 0 fully saturated rings. The predicted molar refractivity (Wildman–Crippen MR) is 146 cm³/mol. The molecule has 0 saturated carbocycles. The molecule has 2 amide bonds. The summed E-state index contributed by atoms with van der Waals surface area (Å²) >= 11 is 6.62. The van der Waals surface area contributed by atoms with Crippen LogP contribution in [0.15, 0.2) is 24.3 Å². The molecule has 2 aromatic heterocycles. The van der Waals surface area contributed by atoms with Crippen molar-refractivity contribution >= 4 is 34.7 Å². The first-order chi connectivity index (χ1) is 17.1. The van der Waals surface area contributed by atoms with Crippen LogP contribution < -0.4 is 15.4 Å². The van der Waals surface area contributed by atoms with Crippen LogP contribution in [0.25, 0.3) is 5.65 Å². The average molecular weight is 531 g/mol. The average Bonchev–Trinajstić information content (AvgIpc) is 3.35. The van der Waals surface area contributed by atoms with Crippen LogP contribution in [0.5, 0.6) is 5.75 Å². The lowest BCUT2D eigenvalue weighted by molar-refractivity contribution is -0.129. The van der Waals surface area contributed by atoms with Crippen LogP contribution in [-0.4, -0.2) is 43.3 Å². The molecule has 3 aromatic rings. The second kappa shape index (κ2) is 10.4. The SMILES string of the molecule is CCCC(=O)Nc1ccccc1OC(C)C(=O)NC(C)(C)C(C)(C)c1nnc2c(Cl)c(C(C)(C)C)[nH]n12. The topological polar surface area (TPSA) is 113 Å². The van der Waals surface area contributed by atoms with Gasteiger partial charge in [0, 0.05) is 22.8 Å². The highest BCUT2D eigenvalue weighted by Gasteiger charge is 2.44. The van der Waals surface area contributed by atoms with E-state index in [9.17, 15) is 9.59 Å². The van der Waals surface area contributed by atoms with Crippen molar-refractivity contribution in [3.63, 3.8) is 0 Å². The number of aromatic amines is 1. The van der Waals surface area contributed by atoms with Crippen molar-refractivity contribution in [2.75, 3.05) is 5.32 Å². The van der Waals surface area contributed by atoms with Gasteiger partial charge in [0.25, 0.3) is 5.91 Å². The van der Waals surface area contributed by atoms with Gasteiger partial charge >= 0.3 is 0 Å². The van der Waals surface area contributed by atoms with Crippen molar-refractivity contribution in [3.8, 4) is 5.75 Å². The van der Waals surface area contributed by atoms with E-state index >= 15 is 0 Å². The second-order valence-electron chi connectivity index (χ2n) is 11.5. The molecule has 37 heavy (non-hydrogen) atoms. The fraction of sp³-hybridized carbons (Fsp3) is 0.556. The van der Waals surface area contributed by atoms with Crippen LogP contribution in [0.4, 0.5) is 5.69 Å². The predicted octanol–water partition coefficient (Wildman–Crippen LogP) is 5.39. The van der Waals surface area contributed by atoms with E-state index in [1.165, 1.54) is 0 Å². The number of para-hydroxylation sites is 2. The second-order valence-corrected chi connectivity index (χ2v) is 11.9. The van der Waals surface area contributed by atoms with Gasteiger partial charge in [0.15, 0.2) is 17.6 Å². The first-order valence-corrected chi connectivity index (χ1v) is 13.0. The van der Waals surface area contributed by atoms with Crippen LogP contribution in [0.3, 0.4) is 0 Å². The third-order valence-corrected chi connectivity index (χ3v) is 7.28. The number of halogens is 1. The number of carbonyl (C=O) groups excluding carboxylic acids is 2. The number of hydrogen-bond donors (Lipinski definition) is 3. The van der Waals surface area contributed by atoms with E-state index in [0.717, 1.165) is 12.1 Å². The Labute approximate surface area is 223 Å². The van der Waals surface area contributed by atoms with Crippen LogP contribution >= 0.6 is 11.6 Å². The molecule has 1 unspecified atom stereocenters. The number of rotatable bonds is 9. The summed E-state index contributed by atoms with van der Waals surface area (Å²) in [4.78, 5) is 25.4. The standard InChI is InChI=1S/C27H39ClN6O3/c1-10-13-19(35)29-17-14-11-12-15-18(17)37-16(2)23(36)30-27(8,9)26(6,7)24-32-31-22-20(28)21(25(3,4)5)33-34(22)24/h11-12,14-16,33H,10,13H2,1-9H3,(H,29,35)(H,30,36). The molecule has 9 nitrogen and oxygen atoms in total. The van der Waals surface area contributed by atoms with Gasteiger partial charge in [-0.25, -0.2) is 4.52 Å². The molecular formula is C27H39ClN6O3. The van der Waals surface area contributed by atoms with Gasteiger partial charge in [-0.3, -0.25) is 14.7 Å². The minimum atomic E-state index is -0.815. The minimum absolute atomic E-state index is 0.0998. The molecule has 0 aliphatic heterocycles. The summed E-state index contributed by atoms with van der Waals surface area (Å²) < 4.78 is 7.78. The first-order valence-electron chi connectivity index (χ1n) is 12.6. The number of hydrogen-bond acceptors (Lipinski definition) is 5. The Morgan fingerprint density at radius 2 is 1.76 bits per heavy atom. The van der Waals surface area contributed by atoms with E-state index in [-0.39, 0.29) is 17.2 Å². The van der Waals surface area contributed by atoms with Gasteiger partial charge in [0.05, 0.1) is 11.4 Å². The van der Waals surface area contributed by atoms with E-state index in [1.54, 1.807) is 29.6 Å². The summed E-state index contributed by atoms with van der Waals surface area (Å²) in [7, 11) is 0. The zero-order valence-corrected chi connectivity index (χ0v) is 24.0. The summed E-state index contributed by atoms with van der Waals surface area (Å²) in [6.45, 7) is 17.7. The molecule has 0 radical (unpaired) electrons. The lowest BCUT2D eigenvalue weighted by Gasteiger charge is -2.41. The molecular weight excluding hydrogens is 492 g/mol. The Bertz CT molecular complexity index is 1290. The highest BCUT2D eigenvalue weighted by atomic mass is 35.5. The van der Waals surface area contributed by atoms with Gasteiger partial charge in [-0.05, 0) is 39.3 Å². The third-order valence-electron chi connectivity index (χ3n) is 6.92. The van der Waals surface area contributed by atoms with E-state index < -0.39 is 17.1 Å². The highest BCUT2D eigenvalue weighted by Crippen LogP contribution is 2.37. The largest absolute Gasteiger partial charge is 0.479 e. The lowest BCUT2D eigenvalue weighted by atomic mass is 9.73. The van der Waals surface area contributed by atoms with Gasteiger partial charge < -0.3 is 15.4 Å². The Morgan fingerprint density at radius 3 is 2.38 bits per heavy atom. The smallest absolute Gasteiger partial charge is 0.261 e. The molecule has 0 saturated heterocycles. The van der Waals surface area contributed by atoms with E-state index in [4.69, 9.17) is 16.3 Å². The maximum absolute atomic E-state index is 13.3. The normalized spacial score (nSPS) is 13.5. The van der Waals surface area contributed by atoms with Gasteiger partial charge in [-0.15, -0.1) is 10.2 Å². The molecule has 3 N–H and O–H groups in total. The molecule has 202 valence electrons. The zero-order chi connectivity index (χ0) is 27.8. The van der Waals surface area contributed by atoms with Crippen LogP contribution in [0, 0.1) is 0 Å². The molecule has 0 aliphatic carbocycles. The maximum atomic E-state index is 13.3. The molecule has 0 aliphatic rings. The number of anilines is 1. The van der Waals surface area contributed by atoms with Crippen molar-refractivity contribution in [3.05, 3.63) is 40.8 Å². The third kappa shape index (κ3) is 5.76. The van der Waals surface area contributed by atoms with Gasteiger partial charge in [-0.1, -0.05) is 65.3 Å². The zero-order valence-electron chi connectivity index (χ0n) is 23.2. The number of nitrogens with one attached hydrogen (secondary N) is 3. The molecule has 3 rings (SSSR count). The molecule has 0 bridgehead atoms. The van der Waals surface area contributed by atoms with Crippen molar-refractivity contribution in [1.29, 1.82) is 0 Å². The van der Waals surface area contributed by atoms with Gasteiger partial charge in [0.1, 0.15) is 10.8 Å². The quantitative estimate of drug-likeness (QED) is 0.343. The van der Waals surface area contributed by atoms with Crippen molar-refractivity contribution in [2.45, 2.75) is 97.6 Å². The summed E-state index contributed by atoms with van der Waals surface area (Å²) in [5, 5.41) is 18.6.